The Labute approximate surface area is 196 Å². The van der Waals surface area contributed by atoms with Crippen LogP contribution in [-0.4, -0.2) is 22.8 Å². The molecular weight excluding hydrogens is 438 g/mol. The van der Waals surface area contributed by atoms with Crippen molar-refractivity contribution in [3.05, 3.63) is 105 Å². The maximum Gasteiger partial charge on any atom is 0.257 e. The van der Waals surface area contributed by atoms with Gasteiger partial charge in [0.25, 0.3) is 5.91 Å². The number of amides is 1. The zero-order valence-electron chi connectivity index (χ0n) is 18.4. The predicted molar refractivity (Wildman–Crippen MR) is 131 cm³/mol. The average Bonchev–Trinajstić information content (AvgIpc) is 2.82. The molecule has 0 fully saturated rings. The number of nitrogens with one attached hydrogen (secondary N) is 1. The van der Waals surface area contributed by atoms with E-state index in [2.05, 4.69) is 10.4 Å². The molecule has 0 aliphatic heterocycles. The fraction of sp³-hybridized carbons (Fsp3) is 0.115. The summed E-state index contributed by atoms with van der Waals surface area (Å²) in [5, 5.41) is 7.99. The molecule has 1 N–H and O–H groups in total. The van der Waals surface area contributed by atoms with Crippen molar-refractivity contribution < 1.29 is 9.53 Å². The topological polar surface area (TPSA) is 73.2 Å². The molecule has 0 saturated carbocycles. The number of rotatable bonds is 5. The van der Waals surface area contributed by atoms with Crippen LogP contribution in [0.25, 0.3) is 16.8 Å². The first-order chi connectivity index (χ1) is 15.9. The van der Waals surface area contributed by atoms with Gasteiger partial charge in [-0.25, -0.2) is 4.68 Å². The molecule has 3 aromatic carbocycles. The normalized spacial score (nSPS) is 10.7. The Hall–Kier alpha value is -3.90. The second kappa shape index (κ2) is 9.30. The van der Waals surface area contributed by atoms with Crippen LogP contribution in [0.1, 0.15) is 21.6 Å². The number of anilines is 1. The van der Waals surface area contributed by atoms with Gasteiger partial charge >= 0.3 is 0 Å². The van der Waals surface area contributed by atoms with E-state index >= 15 is 0 Å². The lowest BCUT2D eigenvalue weighted by molar-refractivity contribution is 0.102. The van der Waals surface area contributed by atoms with E-state index in [4.69, 9.17) is 16.3 Å². The van der Waals surface area contributed by atoms with Crippen LogP contribution < -0.4 is 15.5 Å². The molecule has 0 aliphatic rings. The Morgan fingerprint density at radius 2 is 1.64 bits per heavy atom. The van der Waals surface area contributed by atoms with Crippen molar-refractivity contribution in [1.29, 1.82) is 0 Å². The molecule has 33 heavy (non-hydrogen) atoms. The van der Waals surface area contributed by atoms with Crippen molar-refractivity contribution in [3.63, 3.8) is 0 Å². The van der Waals surface area contributed by atoms with Crippen LogP contribution in [0.5, 0.6) is 5.75 Å². The van der Waals surface area contributed by atoms with Gasteiger partial charge in [0, 0.05) is 16.1 Å². The minimum absolute atomic E-state index is 0.241. The van der Waals surface area contributed by atoms with Crippen molar-refractivity contribution in [1.82, 2.24) is 9.78 Å². The summed E-state index contributed by atoms with van der Waals surface area (Å²) in [4.78, 5) is 26.7. The predicted octanol–water partition coefficient (Wildman–Crippen LogP) is 5.43. The SMILES string of the molecule is COc1ccccc1-c1c(NC(=O)c2ccccc2C)n(-c2ccc(Cl)cc2)nc(C)c1=O. The Kier molecular flexibility index (Phi) is 6.29. The van der Waals surface area contributed by atoms with E-state index < -0.39 is 0 Å². The van der Waals surface area contributed by atoms with Gasteiger partial charge in [0.2, 0.25) is 5.43 Å². The number of carbonyl (C=O) groups is 1. The number of benzene rings is 3. The standard InChI is InChI=1S/C26H22ClN3O3/c1-16-8-4-5-9-20(16)26(32)28-25-23(21-10-6-7-11-22(21)33-3)24(31)17(2)29-30(25)19-14-12-18(27)13-15-19/h4-15H,1-3H3,(H,28,32). The van der Waals surface area contributed by atoms with Crippen LogP contribution in [0.3, 0.4) is 0 Å². The summed E-state index contributed by atoms with van der Waals surface area (Å²) in [5.74, 6) is 0.400. The quantitative estimate of drug-likeness (QED) is 0.432. The highest BCUT2D eigenvalue weighted by molar-refractivity contribution is 6.30. The molecule has 0 bridgehead atoms. The molecule has 166 valence electrons. The summed E-state index contributed by atoms with van der Waals surface area (Å²) < 4.78 is 7.07. The Morgan fingerprint density at radius 1 is 0.970 bits per heavy atom. The van der Waals surface area contributed by atoms with Gasteiger partial charge < -0.3 is 10.1 Å². The maximum absolute atomic E-state index is 13.4. The number of carbonyl (C=O) groups excluding carboxylic acids is 1. The van der Waals surface area contributed by atoms with Crippen LogP contribution in [-0.2, 0) is 0 Å². The van der Waals surface area contributed by atoms with Crippen LogP contribution in [0.2, 0.25) is 5.02 Å². The lowest BCUT2D eigenvalue weighted by Gasteiger charge is -2.20. The Bertz CT molecular complexity index is 1400. The van der Waals surface area contributed by atoms with Gasteiger partial charge in [-0.2, -0.15) is 5.10 Å². The Balaban J connectivity index is 2.01. The number of nitrogens with zero attached hydrogens (tertiary/aromatic N) is 2. The van der Waals surface area contributed by atoms with Gasteiger partial charge in [0.05, 0.1) is 18.4 Å². The third kappa shape index (κ3) is 4.38. The molecular formula is C26H22ClN3O3. The average molecular weight is 460 g/mol. The van der Waals surface area contributed by atoms with E-state index in [9.17, 15) is 9.59 Å². The van der Waals surface area contributed by atoms with Crippen LogP contribution in [0, 0.1) is 13.8 Å². The summed E-state index contributed by atoms with van der Waals surface area (Å²) in [6.45, 7) is 3.50. The highest BCUT2D eigenvalue weighted by Gasteiger charge is 2.23. The number of para-hydroxylation sites is 1. The zero-order valence-corrected chi connectivity index (χ0v) is 19.2. The van der Waals surface area contributed by atoms with E-state index in [1.54, 1.807) is 60.1 Å². The molecule has 7 heteroatoms. The lowest BCUT2D eigenvalue weighted by Crippen LogP contribution is -2.25. The molecule has 0 radical (unpaired) electrons. The molecule has 1 heterocycles. The van der Waals surface area contributed by atoms with E-state index in [-0.39, 0.29) is 28.4 Å². The van der Waals surface area contributed by atoms with E-state index in [0.29, 0.717) is 27.6 Å². The molecule has 6 nitrogen and oxygen atoms in total. The van der Waals surface area contributed by atoms with Gasteiger partial charge in [-0.05, 0) is 55.8 Å². The molecule has 0 atom stereocenters. The third-order valence-electron chi connectivity index (χ3n) is 5.32. The second-order valence-electron chi connectivity index (χ2n) is 7.50. The monoisotopic (exact) mass is 459 g/mol. The highest BCUT2D eigenvalue weighted by Crippen LogP contribution is 2.34. The maximum atomic E-state index is 13.4. The highest BCUT2D eigenvalue weighted by atomic mass is 35.5. The van der Waals surface area contributed by atoms with Crippen molar-refractivity contribution in [2.75, 3.05) is 12.4 Å². The molecule has 0 saturated heterocycles. The Morgan fingerprint density at radius 3 is 2.33 bits per heavy atom. The summed E-state index contributed by atoms with van der Waals surface area (Å²) in [6, 6.07) is 21.4. The first-order valence-electron chi connectivity index (χ1n) is 10.3. The molecule has 0 aliphatic carbocycles. The van der Waals surface area contributed by atoms with Crippen molar-refractivity contribution >= 4 is 23.3 Å². The van der Waals surface area contributed by atoms with E-state index in [0.717, 1.165) is 5.56 Å². The number of aromatic nitrogens is 2. The molecule has 1 aromatic heterocycles. The number of hydrogen-bond acceptors (Lipinski definition) is 4. The van der Waals surface area contributed by atoms with Gasteiger partial charge in [-0.15, -0.1) is 0 Å². The molecule has 0 spiro atoms. The summed E-state index contributed by atoms with van der Waals surface area (Å²) >= 11 is 6.08. The molecule has 0 unspecified atom stereocenters. The number of methoxy groups -OCH3 is 1. The molecule has 1 amide bonds. The first kappa shape index (κ1) is 22.3. The smallest absolute Gasteiger partial charge is 0.257 e. The summed E-state index contributed by atoms with van der Waals surface area (Å²) in [5.41, 5.74) is 2.77. The number of hydrogen-bond donors (Lipinski definition) is 1. The van der Waals surface area contributed by atoms with Crippen molar-refractivity contribution in [3.8, 4) is 22.6 Å². The van der Waals surface area contributed by atoms with E-state index in [1.165, 1.54) is 7.11 Å². The molecule has 4 rings (SSSR count). The first-order valence-corrected chi connectivity index (χ1v) is 10.7. The van der Waals surface area contributed by atoms with Crippen molar-refractivity contribution in [2.45, 2.75) is 13.8 Å². The van der Waals surface area contributed by atoms with Gasteiger partial charge in [0.1, 0.15) is 17.3 Å². The van der Waals surface area contributed by atoms with Gasteiger partial charge in [-0.1, -0.05) is 48.0 Å². The minimum Gasteiger partial charge on any atom is -0.496 e. The van der Waals surface area contributed by atoms with Gasteiger partial charge in [-0.3, -0.25) is 9.59 Å². The van der Waals surface area contributed by atoms with Crippen molar-refractivity contribution in [2.24, 2.45) is 0 Å². The van der Waals surface area contributed by atoms with Crippen LogP contribution in [0.15, 0.2) is 77.6 Å². The zero-order chi connectivity index (χ0) is 23.5. The lowest BCUT2D eigenvalue weighted by atomic mass is 10.0. The van der Waals surface area contributed by atoms with E-state index in [1.807, 2.05) is 31.2 Å². The second-order valence-corrected chi connectivity index (χ2v) is 7.93. The number of ether oxygens (including phenoxy) is 1. The van der Waals surface area contributed by atoms with Crippen LogP contribution >= 0.6 is 11.6 Å². The fourth-order valence-corrected chi connectivity index (χ4v) is 3.75. The largest absolute Gasteiger partial charge is 0.496 e. The van der Waals surface area contributed by atoms with Gasteiger partial charge in [0.15, 0.2) is 0 Å². The minimum atomic E-state index is -0.350. The number of aryl methyl sites for hydroxylation is 2. The number of halogens is 1. The third-order valence-corrected chi connectivity index (χ3v) is 5.58. The van der Waals surface area contributed by atoms with Crippen LogP contribution in [0.4, 0.5) is 5.82 Å². The molecule has 4 aromatic rings. The summed E-state index contributed by atoms with van der Waals surface area (Å²) in [6.07, 6.45) is 0. The fourth-order valence-electron chi connectivity index (χ4n) is 3.63. The summed E-state index contributed by atoms with van der Waals surface area (Å²) in [7, 11) is 1.54.